The van der Waals surface area contributed by atoms with E-state index >= 15 is 0 Å². The summed E-state index contributed by atoms with van der Waals surface area (Å²) in [6, 6.07) is -3.75. The number of hydrogen-bond donors (Lipinski definition) is 5. The molecule has 6 N–H and O–H groups in total. The van der Waals surface area contributed by atoms with Gasteiger partial charge in [0.1, 0.15) is 49.1 Å². The summed E-state index contributed by atoms with van der Waals surface area (Å²) in [5.41, 5.74) is 5.47. The third kappa shape index (κ3) is 34.7. The molecule has 1 saturated heterocycles. The van der Waals surface area contributed by atoms with Gasteiger partial charge in [-0.2, -0.15) is 0 Å². The maximum atomic E-state index is 14.5. The minimum absolute atomic E-state index is 0.124. The summed E-state index contributed by atoms with van der Waals surface area (Å²) in [7, 11) is 1.19. The molecule has 1 rings (SSSR count). The molecule has 0 aromatic carbocycles. The van der Waals surface area contributed by atoms with Gasteiger partial charge < -0.3 is 50.5 Å². The van der Waals surface area contributed by atoms with E-state index in [1.807, 2.05) is 0 Å². The topological polar surface area (TPSA) is 248 Å². The fourth-order valence-corrected chi connectivity index (χ4v) is 9.87. The SMILES string of the molecule is CCCCCCCCCCCCCCC(CCCCCCCCCCCCCC)C(=O)O[C@H]1O[C@H](COC(=O)CCCCCCCCC)[C@@H](O)[C@@H](OC(C)C(=O)N[C@@H](C)C(=O)N[C@H](CCC(=O)OC)C(N)=O)[C@H]1NC(C)=O. The second-order valence-electron chi connectivity index (χ2n) is 21.9. The van der Waals surface area contributed by atoms with Gasteiger partial charge in [-0.1, -0.05) is 213 Å². The van der Waals surface area contributed by atoms with Gasteiger partial charge in [0, 0.05) is 19.8 Å². The van der Waals surface area contributed by atoms with Crippen LogP contribution in [-0.2, 0) is 57.2 Å². The van der Waals surface area contributed by atoms with Crippen LogP contribution in [0.1, 0.15) is 273 Å². The molecule has 0 aromatic rings. The van der Waals surface area contributed by atoms with Crippen LogP contribution < -0.4 is 21.7 Å². The number of nitrogens with one attached hydrogen (secondary N) is 3. The van der Waals surface area contributed by atoms with E-state index in [4.69, 9.17) is 24.7 Å². The van der Waals surface area contributed by atoms with E-state index in [1.54, 1.807) is 0 Å². The molecule has 0 aromatic heterocycles. The van der Waals surface area contributed by atoms with Crippen LogP contribution in [0.3, 0.4) is 0 Å². The van der Waals surface area contributed by atoms with Crippen molar-refractivity contribution in [1.29, 1.82) is 0 Å². The average molecular weight is 1100 g/mol. The zero-order chi connectivity index (χ0) is 57.1. The first kappa shape index (κ1) is 71.2. The van der Waals surface area contributed by atoms with Crippen LogP contribution in [0.4, 0.5) is 0 Å². The van der Waals surface area contributed by atoms with Gasteiger partial charge in [0.15, 0.2) is 0 Å². The largest absolute Gasteiger partial charge is 0.469 e. The number of primary amides is 1. The van der Waals surface area contributed by atoms with Gasteiger partial charge in [-0.15, -0.1) is 0 Å². The number of carbonyl (C=O) groups is 7. The molecule has 448 valence electrons. The van der Waals surface area contributed by atoms with Crippen LogP contribution in [0, 0.1) is 5.92 Å². The fourth-order valence-electron chi connectivity index (χ4n) is 9.87. The Morgan fingerprint density at radius 2 is 1.01 bits per heavy atom. The summed E-state index contributed by atoms with van der Waals surface area (Å²) in [5.74, 6) is -5.06. The van der Waals surface area contributed by atoms with Crippen LogP contribution in [0.5, 0.6) is 0 Å². The Balaban J connectivity index is 3.29. The highest BCUT2D eigenvalue weighted by Crippen LogP contribution is 2.29. The fraction of sp³-hybridized carbons (Fsp3) is 0.883. The molecular formula is C60H110N4O13. The molecule has 1 aliphatic heterocycles. The number of carbonyl (C=O) groups excluding carboxylic acids is 7. The highest BCUT2D eigenvalue weighted by atomic mass is 16.7. The summed E-state index contributed by atoms with van der Waals surface area (Å²) in [6.07, 6.45) is 29.5. The van der Waals surface area contributed by atoms with Crippen molar-refractivity contribution >= 4 is 41.5 Å². The van der Waals surface area contributed by atoms with Gasteiger partial charge in [0.05, 0.1) is 13.0 Å². The summed E-state index contributed by atoms with van der Waals surface area (Å²) >= 11 is 0. The summed E-state index contributed by atoms with van der Waals surface area (Å²) < 4.78 is 29.0. The van der Waals surface area contributed by atoms with Crippen molar-refractivity contribution in [2.75, 3.05) is 13.7 Å². The Bertz CT molecular complexity index is 1570. The van der Waals surface area contributed by atoms with Gasteiger partial charge in [0.2, 0.25) is 29.9 Å². The lowest BCUT2D eigenvalue weighted by atomic mass is 9.93. The average Bonchev–Trinajstić information content (AvgIpc) is 3.40. The monoisotopic (exact) mass is 1090 g/mol. The molecule has 8 atom stereocenters. The standard InChI is InChI=1S/C60H110N4O13/c1-8-11-14-17-20-22-24-26-28-31-33-36-39-48(40-37-34-32-29-27-25-23-21-18-15-12-9-2)59(72)77-60-53(63-47(6)65)55(54(68)50(76-60)44-74-52(67)41-38-35-30-19-16-13-10-3)75-46(5)58(71)62-45(4)57(70)64-49(56(61)69)42-43-51(66)73-7/h45-46,48-50,53-55,60,68H,8-44H2,1-7H3,(H2,61,69)(H,62,71)(H,63,65)(H,64,70)/t45-,46?,49+,50+,53+,54+,55-,60+/m0/s1. The lowest BCUT2D eigenvalue weighted by Crippen LogP contribution is -2.66. The molecule has 0 radical (unpaired) electrons. The zero-order valence-electron chi connectivity index (χ0n) is 49.3. The highest BCUT2D eigenvalue weighted by molar-refractivity contribution is 5.92. The number of unbranched alkanes of at least 4 members (excludes halogenated alkanes) is 28. The molecule has 0 bridgehead atoms. The number of esters is 3. The lowest BCUT2D eigenvalue weighted by molar-refractivity contribution is -0.276. The molecule has 0 saturated carbocycles. The predicted octanol–water partition coefficient (Wildman–Crippen LogP) is 10.8. The van der Waals surface area contributed by atoms with Crippen LogP contribution in [0.2, 0.25) is 0 Å². The molecule has 0 aliphatic carbocycles. The van der Waals surface area contributed by atoms with Gasteiger partial charge >= 0.3 is 17.9 Å². The van der Waals surface area contributed by atoms with Crippen molar-refractivity contribution in [2.24, 2.45) is 11.7 Å². The van der Waals surface area contributed by atoms with Gasteiger partial charge in [0.25, 0.3) is 0 Å². The number of amides is 4. The predicted molar refractivity (Wildman–Crippen MR) is 301 cm³/mol. The molecule has 0 spiro atoms. The van der Waals surface area contributed by atoms with E-state index in [2.05, 4.69) is 41.5 Å². The van der Waals surface area contributed by atoms with Crippen molar-refractivity contribution in [3.8, 4) is 0 Å². The first-order chi connectivity index (χ1) is 37.1. The van der Waals surface area contributed by atoms with Gasteiger partial charge in [-0.3, -0.25) is 33.6 Å². The number of aliphatic hydroxyl groups is 1. The molecule has 1 fully saturated rings. The molecule has 1 aliphatic rings. The van der Waals surface area contributed by atoms with Gasteiger partial charge in [-0.25, -0.2) is 0 Å². The highest BCUT2D eigenvalue weighted by Gasteiger charge is 2.50. The number of methoxy groups -OCH3 is 1. The number of nitrogens with two attached hydrogens (primary N) is 1. The minimum Gasteiger partial charge on any atom is -0.469 e. The second-order valence-corrected chi connectivity index (χ2v) is 21.9. The maximum Gasteiger partial charge on any atom is 0.311 e. The van der Waals surface area contributed by atoms with E-state index in [-0.39, 0.29) is 19.3 Å². The smallest absolute Gasteiger partial charge is 0.311 e. The molecule has 4 amide bonds. The molecule has 17 heteroatoms. The van der Waals surface area contributed by atoms with Crippen LogP contribution in [0.25, 0.3) is 0 Å². The van der Waals surface area contributed by atoms with Crippen LogP contribution in [0.15, 0.2) is 0 Å². The first-order valence-electron chi connectivity index (χ1n) is 30.7. The number of hydrogen-bond acceptors (Lipinski definition) is 13. The van der Waals surface area contributed by atoms with Gasteiger partial charge in [-0.05, 0) is 39.5 Å². The Hall–Kier alpha value is -3.83. The molecule has 17 nitrogen and oxygen atoms in total. The van der Waals surface area contributed by atoms with Crippen LogP contribution >= 0.6 is 0 Å². The van der Waals surface area contributed by atoms with E-state index in [9.17, 15) is 38.7 Å². The van der Waals surface area contributed by atoms with E-state index < -0.39 is 103 Å². The normalized spacial score (nSPS) is 18.5. The second kappa shape index (κ2) is 46.0. The lowest BCUT2D eigenvalue weighted by Gasteiger charge is -2.44. The summed E-state index contributed by atoms with van der Waals surface area (Å²) in [5, 5.41) is 19.6. The Morgan fingerprint density at radius 1 is 0.571 bits per heavy atom. The van der Waals surface area contributed by atoms with Crippen LogP contribution in [-0.4, -0.2) is 109 Å². The molecule has 77 heavy (non-hydrogen) atoms. The van der Waals surface area contributed by atoms with Crippen molar-refractivity contribution in [1.82, 2.24) is 16.0 Å². The molecular weight excluding hydrogens is 985 g/mol. The summed E-state index contributed by atoms with van der Waals surface area (Å²) in [6.45, 7) is 10.2. The van der Waals surface area contributed by atoms with E-state index in [1.165, 1.54) is 137 Å². The Morgan fingerprint density at radius 3 is 1.44 bits per heavy atom. The van der Waals surface area contributed by atoms with E-state index in [0.29, 0.717) is 19.3 Å². The van der Waals surface area contributed by atoms with Crippen molar-refractivity contribution in [2.45, 2.75) is 322 Å². The third-order valence-corrected chi connectivity index (χ3v) is 14.8. The number of aliphatic hydroxyl groups excluding tert-OH is 1. The third-order valence-electron chi connectivity index (χ3n) is 14.8. The number of rotatable bonds is 49. The van der Waals surface area contributed by atoms with Crippen molar-refractivity contribution < 1.29 is 62.4 Å². The van der Waals surface area contributed by atoms with E-state index in [0.717, 1.165) is 83.5 Å². The first-order valence-corrected chi connectivity index (χ1v) is 30.7. The quantitative estimate of drug-likeness (QED) is 0.0216. The maximum absolute atomic E-state index is 14.5. The zero-order valence-corrected chi connectivity index (χ0v) is 49.3. The number of ether oxygens (including phenoxy) is 5. The Kier molecular flexibility index (Phi) is 42.5. The minimum atomic E-state index is -1.60. The van der Waals surface area contributed by atoms with Crippen molar-refractivity contribution in [3.63, 3.8) is 0 Å². The Labute approximate surface area is 465 Å². The molecule has 1 unspecified atom stereocenters. The summed E-state index contributed by atoms with van der Waals surface area (Å²) in [4.78, 5) is 91.0. The molecule has 1 heterocycles. The van der Waals surface area contributed by atoms with Crippen molar-refractivity contribution in [3.05, 3.63) is 0 Å².